The SMILES string of the molecule is CC1OCCC1N(C)C(=O)C(F)(F)C(F)F. The maximum atomic E-state index is 12.8. The Labute approximate surface area is 90.3 Å². The first kappa shape index (κ1) is 13.2. The number of amides is 1. The fourth-order valence-corrected chi connectivity index (χ4v) is 1.71. The van der Waals surface area contributed by atoms with E-state index in [2.05, 4.69) is 0 Å². The number of ether oxygens (including phenoxy) is 1. The summed E-state index contributed by atoms with van der Waals surface area (Å²) in [4.78, 5) is 11.8. The zero-order chi connectivity index (χ0) is 12.5. The second-order valence-electron chi connectivity index (χ2n) is 3.77. The first-order valence-corrected chi connectivity index (χ1v) is 4.83. The standard InChI is InChI=1S/C9H13F4NO2/c1-5-6(3-4-16-5)14(2)8(15)9(12,13)7(10)11/h5-7H,3-4H2,1-2H3. The number of rotatable bonds is 3. The Morgan fingerprint density at radius 2 is 2.06 bits per heavy atom. The minimum Gasteiger partial charge on any atom is -0.376 e. The first-order valence-electron chi connectivity index (χ1n) is 4.83. The Bertz CT molecular complexity index is 272. The highest BCUT2D eigenvalue weighted by atomic mass is 19.3. The number of halogens is 4. The van der Waals surface area contributed by atoms with Crippen LogP contribution in [0.3, 0.4) is 0 Å². The summed E-state index contributed by atoms with van der Waals surface area (Å²) in [5.41, 5.74) is 0. The summed E-state index contributed by atoms with van der Waals surface area (Å²) in [5, 5.41) is 0. The van der Waals surface area contributed by atoms with Crippen LogP contribution in [0.25, 0.3) is 0 Å². The fraction of sp³-hybridized carbons (Fsp3) is 0.889. The van der Waals surface area contributed by atoms with Gasteiger partial charge < -0.3 is 9.64 Å². The summed E-state index contributed by atoms with van der Waals surface area (Å²) in [6.07, 6.45) is -4.02. The Morgan fingerprint density at radius 1 is 1.50 bits per heavy atom. The minimum atomic E-state index is -4.63. The number of alkyl halides is 4. The van der Waals surface area contributed by atoms with Crippen molar-refractivity contribution in [3.8, 4) is 0 Å². The molecule has 0 spiro atoms. The van der Waals surface area contributed by atoms with Crippen LogP contribution in [0.1, 0.15) is 13.3 Å². The molecule has 0 N–H and O–H groups in total. The van der Waals surface area contributed by atoms with Gasteiger partial charge in [0.25, 0.3) is 5.91 Å². The quantitative estimate of drug-likeness (QED) is 0.703. The van der Waals surface area contributed by atoms with Crippen LogP contribution in [0, 0.1) is 0 Å². The van der Waals surface area contributed by atoms with E-state index in [4.69, 9.17) is 4.74 Å². The van der Waals surface area contributed by atoms with E-state index in [9.17, 15) is 22.4 Å². The second-order valence-corrected chi connectivity index (χ2v) is 3.77. The van der Waals surface area contributed by atoms with E-state index < -0.39 is 30.4 Å². The summed E-state index contributed by atoms with van der Waals surface area (Å²) >= 11 is 0. The average Bonchev–Trinajstić information content (AvgIpc) is 2.61. The third-order valence-corrected chi connectivity index (χ3v) is 2.71. The van der Waals surface area contributed by atoms with Crippen LogP contribution in [0.4, 0.5) is 17.6 Å². The van der Waals surface area contributed by atoms with Crippen molar-refractivity contribution in [2.75, 3.05) is 13.7 Å². The van der Waals surface area contributed by atoms with Gasteiger partial charge in [0.15, 0.2) is 0 Å². The molecular formula is C9H13F4NO2. The molecular weight excluding hydrogens is 230 g/mol. The monoisotopic (exact) mass is 243 g/mol. The van der Waals surface area contributed by atoms with Crippen molar-refractivity contribution in [1.29, 1.82) is 0 Å². The highest BCUT2D eigenvalue weighted by molar-refractivity contribution is 5.84. The summed E-state index contributed by atoms with van der Waals surface area (Å²) in [6.45, 7) is 1.95. The highest BCUT2D eigenvalue weighted by Crippen LogP contribution is 2.28. The molecule has 0 aromatic heterocycles. The lowest BCUT2D eigenvalue weighted by molar-refractivity contribution is -0.182. The Kier molecular flexibility index (Phi) is 3.77. The average molecular weight is 243 g/mol. The molecule has 1 aliphatic heterocycles. The molecule has 1 saturated heterocycles. The van der Waals surface area contributed by atoms with Gasteiger partial charge in [-0.25, -0.2) is 8.78 Å². The molecule has 0 saturated carbocycles. The van der Waals surface area contributed by atoms with Crippen molar-refractivity contribution < 1.29 is 27.1 Å². The largest absolute Gasteiger partial charge is 0.383 e. The van der Waals surface area contributed by atoms with Crippen molar-refractivity contribution in [3.63, 3.8) is 0 Å². The van der Waals surface area contributed by atoms with Gasteiger partial charge in [-0.1, -0.05) is 0 Å². The highest BCUT2D eigenvalue weighted by Gasteiger charge is 2.52. The second kappa shape index (κ2) is 4.57. The number of carbonyl (C=O) groups excluding carboxylic acids is 1. The predicted molar refractivity (Wildman–Crippen MR) is 47.5 cm³/mol. The maximum Gasteiger partial charge on any atom is 0.383 e. The van der Waals surface area contributed by atoms with Gasteiger partial charge in [0.1, 0.15) is 0 Å². The first-order chi connectivity index (χ1) is 7.28. The topological polar surface area (TPSA) is 29.5 Å². The van der Waals surface area contributed by atoms with E-state index in [1.165, 1.54) is 0 Å². The third kappa shape index (κ3) is 2.28. The summed E-state index contributed by atoms with van der Waals surface area (Å²) in [6, 6.07) is -0.572. The van der Waals surface area contributed by atoms with E-state index in [1.807, 2.05) is 0 Å². The van der Waals surface area contributed by atoms with E-state index in [0.717, 1.165) is 7.05 Å². The fourth-order valence-electron chi connectivity index (χ4n) is 1.71. The Balaban J connectivity index is 2.74. The van der Waals surface area contributed by atoms with E-state index in [-0.39, 0.29) is 0 Å². The van der Waals surface area contributed by atoms with E-state index >= 15 is 0 Å². The molecule has 1 fully saturated rings. The molecule has 2 unspecified atom stereocenters. The molecule has 0 aromatic rings. The van der Waals surface area contributed by atoms with E-state index in [1.54, 1.807) is 6.92 Å². The summed E-state index contributed by atoms with van der Waals surface area (Å²) < 4.78 is 54.6. The van der Waals surface area contributed by atoms with Crippen LogP contribution < -0.4 is 0 Å². The van der Waals surface area contributed by atoms with Crippen molar-refractivity contribution in [1.82, 2.24) is 4.90 Å². The molecule has 3 nitrogen and oxygen atoms in total. The lowest BCUT2D eigenvalue weighted by atomic mass is 10.1. The van der Waals surface area contributed by atoms with Crippen LogP contribution >= 0.6 is 0 Å². The number of hydrogen-bond donors (Lipinski definition) is 0. The molecule has 0 aliphatic carbocycles. The van der Waals surface area contributed by atoms with Gasteiger partial charge in [0, 0.05) is 13.7 Å². The van der Waals surface area contributed by atoms with Crippen molar-refractivity contribution in [2.45, 2.75) is 37.8 Å². The van der Waals surface area contributed by atoms with Crippen LogP contribution in [0.15, 0.2) is 0 Å². The van der Waals surface area contributed by atoms with Crippen LogP contribution in [0.2, 0.25) is 0 Å². The predicted octanol–water partition coefficient (Wildman–Crippen LogP) is 1.52. The molecule has 0 aromatic carbocycles. The molecule has 0 bridgehead atoms. The van der Waals surface area contributed by atoms with Gasteiger partial charge in [-0.2, -0.15) is 8.78 Å². The normalized spacial score (nSPS) is 26.2. The van der Waals surface area contributed by atoms with Crippen LogP contribution in [-0.4, -0.2) is 49.0 Å². The molecule has 16 heavy (non-hydrogen) atoms. The number of carbonyl (C=O) groups is 1. The molecule has 7 heteroatoms. The number of likely N-dealkylation sites (N-methyl/N-ethyl adjacent to an activating group) is 1. The minimum absolute atomic E-state index is 0.337. The number of nitrogens with zero attached hydrogens (tertiary/aromatic N) is 1. The van der Waals surface area contributed by atoms with Gasteiger partial charge >= 0.3 is 12.3 Å². The van der Waals surface area contributed by atoms with Crippen molar-refractivity contribution >= 4 is 5.91 Å². The summed E-state index contributed by atoms with van der Waals surface area (Å²) in [7, 11) is 1.09. The molecule has 1 rings (SSSR count). The van der Waals surface area contributed by atoms with Crippen molar-refractivity contribution in [3.05, 3.63) is 0 Å². The van der Waals surface area contributed by atoms with Gasteiger partial charge in [-0.15, -0.1) is 0 Å². The lowest BCUT2D eigenvalue weighted by Gasteiger charge is -2.29. The third-order valence-electron chi connectivity index (χ3n) is 2.71. The Morgan fingerprint density at radius 3 is 2.44 bits per heavy atom. The van der Waals surface area contributed by atoms with Gasteiger partial charge in [0.05, 0.1) is 12.1 Å². The molecule has 94 valence electrons. The molecule has 2 atom stereocenters. The van der Waals surface area contributed by atoms with E-state index in [0.29, 0.717) is 17.9 Å². The van der Waals surface area contributed by atoms with Gasteiger partial charge in [-0.3, -0.25) is 4.79 Å². The zero-order valence-electron chi connectivity index (χ0n) is 8.92. The van der Waals surface area contributed by atoms with Gasteiger partial charge in [-0.05, 0) is 13.3 Å². The molecule has 1 heterocycles. The van der Waals surface area contributed by atoms with Crippen molar-refractivity contribution in [2.24, 2.45) is 0 Å². The smallest absolute Gasteiger partial charge is 0.376 e. The molecule has 1 amide bonds. The number of hydrogen-bond acceptors (Lipinski definition) is 2. The molecule has 1 aliphatic rings. The zero-order valence-corrected chi connectivity index (χ0v) is 8.92. The van der Waals surface area contributed by atoms with Crippen LogP contribution in [0.5, 0.6) is 0 Å². The summed E-state index contributed by atoms with van der Waals surface area (Å²) in [5.74, 6) is -6.48. The Hall–Kier alpha value is -0.850. The lowest BCUT2D eigenvalue weighted by Crippen LogP contribution is -2.51. The van der Waals surface area contributed by atoms with Crippen LogP contribution in [-0.2, 0) is 9.53 Å². The maximum absolute atomic E-state index is 12.8. The molecule has 0 radical (unpaired) electrons. The van der Waals surface area contributed by atoms with Gasteiger partial charge in [0.2, 0.25) is 0 Å².